The first-order valence-corrected chi connectivity index (χ1v) is 13.5. The Kier molecular flexibility index (Phi) is 7.10. The second-order valence-corrected chi connectivity index (χ2v) is 11.6. The molecule has 220 valence electrons. The van der Waals surface area contributed by atoms with Crippen LogP contribution in [0.4, 0.5) is 0 Å². The summed E-state index contributed by atoms with van der Waals surface area (Å²) >= 11 is 0. The standard InChI is InChI=1S/C28H32N2O11/c1-27(2)13-36-25(34)23(27)40-18(32)8-7-15-3-5-16(6-4-15)12-30-21-24(33)39-17-11-28(21,26(35)29-9-10-31)22(41-30)20-19(17)37-14-38-20/h3-8,17,19-23,31H,9-14H2,1-2H3,(H,29,35)/t17-,19-,20-,21-,22+,23-,28-/m0/s1. The third kappa shape index (κ3) is 4.71. The van der Waals surface area contributed by atoms with Crippen LogP contribution in [0.15, 0.2) is 30.3 Å². The van der Waals surface area contributed by atoms with Crippen LogP contribution in [-0.2, 0) is 54.2 Å². The number of carbonyl (C=O) groups excluding carboxylic acids is 4. The first-order valence-electron chi connectivity index (χ1n) is 13.5. The molecule has 4 heterocycles. The van der Waals surface area contributed by atoms with Crippen molar-refractivity contribution in [2.45, 2.75) is 63.4 Å². The molecule has 13 nitrogen and oxygen atoms in total. The molecule has 1 aliphatic carbocycles. The van der Waals surface area contributed by atoms with Crippen molar-refractivity contribution in [2.24, 2.45) is 10.8 Å². The Morgan fingerprint density at radius 1 is 1.15 bits per heavy atom. The van der Waals surface area contributed by atoms with Gasteiger partial charge in [-0.2, -0.15) is 5.06 Å². The molecule has 0 radical (unpaired) electrons. The van der Waals surface area contributed by atoms with E-state index >= 15 is 0 Å². The second kappa shape index (κ2) is 10.5. The maximum atomic E-state index is 13.5. The number of carbonyl (C=O) groups is 4. The molecule has 1 saturated carbocycles. The molecule has 1 aromatic carbocycles. The molecule has 2 bridgehead atoms. The van der Waals surface area contributed by atoms with Gasteiger partial charge in [0.25, 0.3) is 0 Å². The van der Waals surface area contributed by atoms with Gasteiger partial charge < -0.3 is 34.1 Å². The number of esters is 3. The normalized spacial score (nSPS) is 35.2. The van der Waals surface area contributed by atoms with Crippen LogP contribution in [0.5, 0.6) is 0 Å². The van der Waals surface area contributed by atoms with E-state index in [1.165, 1.54) is 11.1 Å². The number of nitrogens with one attached hydrogen (secondary N) is 1. The lowest BCUT2D eigenvalue weighted by Crippen LogP contribution is -2.69. The first kappa shape index (κ1) is 27.8. The number of nitrogens with zero attached hydrogens (tertiary/aromatic N) is 1. The molecular formula is C28H32N2O11. The molecular weight excluding hydrogens is 540 g/mol. The zero-order valence-electron chi connectivity index (χ0n) is 22.6. The minimum atomic E-state index is -1.27. The quantitative estimate of drug-likeness (QED) is 0.241. The molecule has 0 aromatic heterocycles. The maximum absolute atomic E-state index is 13.5. The molecule has 7 atom stereocenters. The van der Waals surface area contributed by atoms with Crippen LogP contribution in [0, 0.1) is 10.8 Å². The fourth-order valence-electron chi connectivity index (χ4n) is 6.34. The zero-order valence-corrected chi connectivity index (χ0v) is 22.6. The summed E-state index contributed by atoms with van der Waals surface area (Å²) in [6.45, 7) is 3.73. The number of amides is 1. The maximum Gasteiger partial charge on any atom is 0.348 e. The highest BCUT2D eigenvalue weighted by Crippen LogP contribution is 2.55. The summed E-state index contributed by atoms with van der Waals surface area (Å²) < 4.78 is 27.5. The van der Waals surface area contributed by atoms with Gasteiger partial charge >= 0.3 is 17.9 Å². The summed E-state index contributed by atoms with van der Waals surface area (Å²) in [5, 5.41) is 13.5. The number of cyclic esters (lactones) is 1. The predicted molar refractivity (Wildman–Crippen MR) is 136 cm³/mol. The minimum absolute atomic E-state index is 0.00722. The van der Waals surface area contributed by atoms with Crippen molar-refractivity contribution in [3.8, 4) is 0 Å². The van der Waals surface area contributed by atoms with Crippen LogP contribution < -0.4 is 5.32 Å². The minimum Gasteiger partial charge on any atom is -0.462 e. The Morgan fingerprint density at radius 3 is 2.61 bits per heavy atom. The van der Waals surface area contributed by atoms with Gasteiger partial charge in [-0.3, -0.25) is 14.4 Å². The highest BCUT2D eigenvalue weighted by atomic mass is 16.8. The molecule has 4 saturated heterocycles. The molecule has 0 spiro atoms. The monoisotopic (exact) mass is 572 g/mol. The number of hydrogen-bond donors (Lipinski definition) is 2. The molecule has 5 aliphatic rings. The van der Waals surface area contributed by atoms with Gasteiger partial charge in [0.1, 0.15) is 43.2 Å². The van der Waals surface area contributed by atoms with Gasteiger partial charge in [0.05, 0.1) is 13.2 Å². The van der Waals surface area contributed by atoms with Crippen LogP contribution in [0.25, 0.3) is 6.08 Å². The van der Waals surface area contributed by atoms with Crippen molar-refractivity contribution in [1.82, 2.24) is 10.4 Å². The fraction of sp³-hybridized carbons (Fsp3) is 0.571. The Morgan fingerprint density at radius 2 is 1.90 bits per heavy atom. The number of rotatable bonds is 8. The SMILES string of the molecule is CC1(C)COC(=O)[C@@H]1OC(=O)C=Cc1ccc(CN2O[C@@H]3[C@H]4OCO[C@H]4[C@@H]4C[C@]3(C(=O)NCCO)[C@@H]2C(=O)O4)cc1. The third-order valence-electron chi connectivity index (χ3n) is 8.37. The predicted octanol–water partition coefficient (Wildman–Crippen LogP) is -0.155. The Bertz CT molecular complexity index is 1260. The van der Waals surface area contributed by atoms with Crippen molar-refractivity contribution >= 4 is 29.9 Å². The lowest BCUT2D eigenvalue weighted by atomic mass is 9.62. The topological polar surface area (TPSA) is 159 Å². The van der Waals surface area contributed by atoms with Gasteiger partial charge in [0, 0.05) is 24.5 Å². The largest absolute Gasteiger partial charge is 0.462 e. The first-order chi connectivity index (χ1) is 19.6. The molecule has 4 aliphatic heterocycles. The average Bonchev–Trinajstić information content (AvgIpc) is 3.63. The van der Waals surface area contributed by atoms with Gasteiger partial charge in [-0.15, -0.1) is 0 Å². The van der Waals surface area contributed by atoms with E-state index in [-0.39, 0.29) is 39.5 Å². The Balaban J connectivity index is 1.17. The van der Waals surface area contributed by atoms with E-state index in [0.717, 1.165) is 5.56 Å². The summed E-state index contributed by atoms with van der Waals surface area (Å²) in [5.41, 5.74) is -0.388. The summed E-state index contributed by atoms with van der Waals surface area (Å²) in [6.07, 6.45) is -0.497. The third-order valence-corrected chi connectivity index (χ3v) is 8.37. The zero-order chi connectivity index (χ0) is 28.9. The van der Waals surface area contributed by atoms with E-state index in [4.69, 9.17) is 28.5 Å². The fourth-order valence-corrected chi connectivity index (χ4v) is 6.34. The number of hydrogen-bond acceptors (Lipinski definition) is 12. The van der Waals surface area contributed by atoms with Gasteiger partial charge in [-0.05, 0) is 17.2 Å². The lowest BCUT2D eigenvalue weighted by molar-refractivity contribution is -0.201. The van der Waals surface area contributed by atoms with Crippen LogP contribution >= 0.6 is 0 Å². The molecule has 5 fully saturated rings. The van der Waals surface area contributed by atoms with E-state index in [1.54, 1.807) is 44.2 Å². The Labute approximate surface area is 235 Å². The van der Waals surface area contributed by atoms with Gasteiger partial charge in [0.2, 0.25) is 12.0 Å². The summed E-state index contributed by atoms with van der Waals surface area (Å²) in [7, 11) is 0. The van der Waals surface area contributed by atoms with Crippen molar-refractivity contribution < 1.29 is 52.8 Å². The van der Waals surface area contributed by atoms with Crippen LogP contribution in [0.2, 0.25) is 0 Å². The highest BCUT2D eigenvalue weighted by molar-refractivity contribution is 5.93. The molecule has 1 aromatic rings. The summed E-state index contributed by atoms with van der Waals surface area (Å²) in [4.78, 5) is 57.2. The number of hydroxylamine groups is 2. The molecule has 41 heavy (non-hydrogen) atoms. The van der Waals surface area contributed by atoms with E-state index in [2.05, 4.69) is 5.32 Å². The summed E-state index contributed by atoms with van der Waals surface area (Å²) in [6, 6.07) is 6.15. The molecule has 6 rings (SSSR count). The van der Waals surface area contributed by atoms with Crippen LogP contribution in [0.3, 0.4) is 0 Å². The second-order valence-electron chi connectivity index (χ2n) is 11.6. The Hall–Kier alpha value is -3.36. The number of aliphatic hydroxyl groups excluding tert-OH is 1. The average molecular weight is 573 g/mol. The highest BCUT2D eigenvalue weighted by Gasteiger charge is 2.74. The molecule has 0 unspecified atom stereocenters. The smallest absolute Gasteiger partial charge is 0.348 e. The van der Waals surface area contributed by atoms with E-state index in [9.17, 15) is 24.3 Å². The van der Waals surface area contributed by atoms with Crippen molar-refractivity contribution in [3.05, 3.63) is 41.5 Å². The summed E-state index contributed by atoms with van der Waals surface area (Å²) in [5.74, 6) is -2.20. The lowest BCUT2D eigenvalue weighted by Gasteiger charge is -2.48. The number of aliphatic hydroxyl groups is 1. The van der Waals surface area contributed by atoms with Crippen LogP contribution in [0.1, 0.15) is 31.4 Å². The van der Waals surface area contributed by atoms with Gasteiger partial charge in [-0.1, -0.05) is 38.1 Å². The van der Waals surface area contributed by atoms with Gasteiger partial charge in [0.15, 0.2) is 6.04 Å². The molecule has 1 amide bonds. The number of fused-ring (bicyclic) bond motifs is 4. The number of ether oxygens (including phenoxy) is 5. The van der Waals surface area contributed by atoms with Gasteiger partial charge in [-0.25, -0.2) is 9.59 Å². The van der Waals surface area contributed by atoms with E-state index < -0.39 is 71.2 Å². The van der Waals surface area contributed by atoms with Crippen molar-refractivity contribution in [3.63, 3.8) is 0 Å². The number of benzene rings is 1. The van der Waals surface area contributed by atoms with Crippen molar-refractivity contribution in [1.29, 1.82) is 0 Å². The van der Waals surface area contributed by atoms with E-state index in [0.29, 0.717) is 5.56 Å². The van der Waals surface area contributed by atoms with Crippen molar-refractivity contribution in [2.75, 3.05) is 26.6 Å². The molecule has 2 N–H and O–H groups in total. The molecule has 13 heteroatoms. The van der Waals surface area contributed by atoms with E-state index in [1.807, 2.05) is 0 Å². The van der Waals surface area contributed by atoms with Crippen LogP contribution in [-0.4, -0.2) is 97.1 Å².